The van der Waals surface area contributed by atoms with E-state index in [0.717, 1.165) is 22.0 Å². The monoisotopic (exact) mass is 418 g/mol. The maximum absolute atomic E-state index is 13.4. The first kappa shape index (κ1) is 19.3. The molecule has 0 spiro atoms. The van der Waals surface area contributed by atoms with Crippen LogP contribution in [0.3, 0.4) is 0 Å². The molecular formula is C20H22N2O4S2. The summed E-state index contributed by atoms with van der Waals surface area (Å²) >= 11 is 1.50. The van der Waals surface area contributed by atoms with Crippen molar-refractivity contribution in [2.75, 3.05) is 35.2 Å². The van der Waals surface area contributed by atoms with Crippen LogP contribution in [0.2, 0.25) is 0 Å². The molecule has 0 aromatic heterocycles. The number of amides is 2. The van der Waals surface area contributed by atoms with Crippen molar-refractivity contribution >= 4 is 39.2 Å². The minimum Gasteiger partial charge on any atom is -0.381 e. The molecule has 1 saturated heterocycles. The zero-order valence-electron chi connectivity index (χ0n) is 15.6. The van der Waals surface area contributed by atoms with Crippen molar-refractivity contribution in [2.24, 2.45) is 5.92 Å². The minimum absolute atomic E-state index is 0.163. The van der Waals surface area contributed by atoms with E-state index in [2.05, 4.69) is 0 Å². The molecule has 8 heteroatoms. The van der Waals surface area contributed by atoms with E-state index in [1.807, 2.05) is 12.3 Å². The summed E-state index contributed by atoms with van der Waals surface area (Å²) in [5, 5.41) is 0. The van der Waals surface area contributed by atoms with Crippen LogP contribution in [0.5, 0.6) is 0 Å². The number of fused-ring (bicyclic) bond motifs is 1. The predicted molar refractivity (Wildman–Crippen MR) is 111 cm³/mol. The van der Waals surface area contributed by atoms with Gasteiger partial charge in [0.2, 0.25) is 0 Å². The van der Waals surface area contributed by atoms with E-state index in [1.165, 1.54) is 11.8 Å². The normalized spacial score (nSPS) is 19.5. The Hall–Kier alpha value is -2.03. The van der Waals surface area contributed by atoms with Gasteiger partial charge in [-0.15, -0.1) is 11.8 Å². The van der Waals surface area contributed by atoms with Crippen LogP contribution in [-0.4, -0.2) is 40.5 Å². The van der Waals surface area contributed by atoms with Crippen molar-refractivity contribution < 1.29 is 17.9 Å². The van der Waals surface area contributed by atoms with E-state index < -0.39 is 16.1 Å². The summed E-state index contributed by atoms with van der Waals surface area (Å²) in [4.78, 5) is 16.1. The number of hydrogen-bond donors (Lipinski definition) is 0. The predicted octanol–water partition coefficient (Wildman–Crippen LogP) is 3.97. The number of ether oxygens (including phenoxy) is 1. The summed E-state index contributed by atoms with van der Waals surface area (Å²) in [7, 11) is -3.98. The second-order valence-corrected chi connectivity index (χ2v) is 9.52. The molecule has 0 radical (unpaired) electrons. The number of rotatable bonds is 4. The average Bonchev–Trinajstić information content (AvgIpc) is 2.72. The second-order valence-electron chi connectivity index (χ2n) is 6.89. The molecule has 2 heterocycles. The maximum Gasteiger partial charge on any atom is 0.343 e. The molecule has 4 rings (SSSR count). The van der Waals surface area contributed by atoms with Crippen LogP contribution in [-0.2, 0) is 14.8 Å². The molecule has 0 unspecified atom stereocenters. The standard InChI is InChI=1S/C20H22N2O4S2/c1-27-17-6-4-5-16(13-17)22-20(23)21(14-15-9-11-26-12-10-15)18-7-2-3-8-19(18)28(22,24)25/h2-8,13,15H,9-12,14H2,1H3. The Morgan fingerprint density at radius 1 is 1.11 bits per heavy atom. The Kier molecular flexibility index (Phi) is 5.35. The van der Waals surface area contributed by atoms with Gasteiger partial charge in [-0.25, -0.2) is 13.2 Å². The lowest BCUT2D eigenvalue weighted by atomic mass is 9.99. The van der Waals surface area contributed by atoms with Crippen LogP contribution in [0, 0.1) is 5.92 Å². The van der Waals surface area contributed by atoms with Gasteiger partial charge < -0.3 is 4.74 Å². The van der Waals surface area contributed by atoms with Gasteiger partial charge in [-0.3, -0.25) is 4.90 Å². The van der Waals surface area contributed by atoms with Crippen molar-refractivity contribution in [3.05, 3.63) is 48.5 Å². The van der Waals surface area contributed by atoms with Gasteiger partial charge in [-0.1, -0.05) is 18.2 Å². The number of urea groups is 1. The third kappa shape index (κ3) is 3.40. The van der Waals surface area contributed by atoms with Gasteiger partial charge in [0.15, 0.2) is 0 Å². The highest BCUT2D eigenvalue weighted by Gasteiger charge is 2.43. The summed E-state index contributed by atoms with van der Waals surface area (Å²) in [5.74, 6) is 0.283. The first-order valence-corrected chi connectivity index (χ1v) is 11.9. The van der Waals surface area contributed by atoms with Crippen LogP contribution in [0.25, 0.3) is 0 Å². The molecule has 148 valence electrons. The first-order valence-electron chi connectivity index (χ1n) is 9.20. The number of nitrogens with zero attached hydrogens (tertiary/aromatic N) is 2. The number of thioether (sulfide) groups is 1. The van der Waals surface area contributed by atoms with Gasteiger partial charge in [0.25, 0.3) is 10.0 Å². The molecule has 2 amide bonds. The largest absolute Gasteiger partial charge is 0.381 e. The molecule has 2 aromatic rings. The highest BCUT2D eigenvalue weighted by atomic mass is 32.2. The first-order chi connectivity index (χ1) is 13.5. The Balaban J connectivity index is 1.80. The molecule has 0 N–H and O–H groups in total. The fourth-order valence-electron chi connectivity index (χ4n) is 3.66. The summed E-state index contributed by atoms with van der Waals surface area (Å²) in [6.45, 7) is 1.83. The number of para-hydroxylation sites is 1. The number of benzene rings is 2. The van der Waals surface area contributed by atoms with Crippen LogP contribution in [0.15, 0.2) is 58.3 Å². The molecule has 2 aromatic carbocycles. The third-order valence-electron chi connectivity index (χ3n) is 5.15. The number of anilines is 2. The number of sulfonamides is 1. The lowest BCUT2D eigenvalue weighted by Crippen LogP contribution is -2.52. The van der Waals surface area contributed by atoms with Gasteiger partial charge >= 0.3 is 6.03 Å². The smallest absolute Gasteiger partial charge is 0.343 e. The molecular weight excluding hydrogens is 396 g/mol. The summed E-state index contributed by atoms with van der Waals surface area (Å²) in [6, 6.07) is 13.3. The zero-order valence-corrected chi connectivity index (χ0v) is 17.2. The van der Waals surface area contributed by atoms with E-state index in [9.17, 15) is 13.2 Å². The average molecular weight is 419 g/mol. The molecule has 2 aliphatic rings. The Morgan fingerprint density at radius 3 is 2.61 bits per heavy atom. The Labute approximate surface area is 169 Å². The van der Waals surface area contributed by atoms with Crippen LogP contribution >= 0.6 is 11.8 Å². The van der Waals surface area contributed by atoms with Crippen molar-refractivity contribution in [1.29, 1.82) is 0 Å². The summed E-state index contributed by atoms with van der Waals surface area (Å²) in [6.07, 6.45) is 3.64. The Morgan fingerprint density at radius 2 is 1.86 bits per heavy atom. The molecule has 6 nitrogen and oxygen atoms in total. The van der Waals surface area contributed by atoms with Crippen molar-refractivity contribution in [2.45, 2.75) is 22.6 Å². The third-order valence-corrected chi connectivity index (χ3v) is 7.62. The molecule has 2 aliphatic heterocycles. The van der Waals surface area contributed by atoms with Crippen LogP contribution < -0.4 is 9.21 Å². The second kappa shape index (κ2) is 7.77. The van der Waals surface area contributed by atoms with E-state index in [4.69, 9.17) is 4.74 Å². The van der Waals surface area contributed by atoms with Gasteiger partial charge in [-0.2, -0.15) is 4.31 Å². The highest BCUT2D eigenvalue weighted by Crippen LogP contribution is 2.38. The number of carbonyl (C=O) groups is 1. The fraction of sp³-hybridized carbons (Fsp3) is 0.350. The SMILES string of the molecule is CSc1cccc(N2C(=O)N(CC3CCOCC3)c3ccccc3S2(=O)=O)c1. The van der Waals surface area contributed by atoms with Gasteiger partial charge in [0.05, 0.1) is 11.4 Å². The molecule has 28 heavy (non-hydrogen) atoms. The van der Waals surface area contributed by atoms with E-state index in [1.54, 1.807) is 47.4 Å². The fourth-order valence-corrected chi connectivity index (χ4v) is 5.70. The van der Waals surface area contributed by atoms with E-state index in [0.29, 0.717) is 31.1 Å². The quantitative estimate of drug-likeness (QED) is 0.703. The van der Waals surface area contributed by atoms with E-state index in [-0.39, 0.29) is 10.8 Å². The number of hydrogen-bond acceptors (Lipinski definition) is 5. The van der Waals surface area contributed by atoms with Gasteiger partial charge in [-0.05, 0) is 55.3 Å². The van der Waals surface area contributed by atoms with Crippen molar-refractivity contribution in [3.8, 4) is 0 Å². The lowest BCUT2D eigenvalue weighted by molar-refractivity contribution is 0.0685. The van der Waals surface area contributed by atoms with Crippen LogP contribution in [0.1, 0.15) is 12.8 Å². The highest BCUT2D eigenvalue weighted by molar-refractivity contribution is 7.98. The molecule has 1 fully saturated rings. The van der Waals surface area contributed by atoms with Crippen LogP contribution in [0.4, 0.5) is 16.2 Å². The zero-order chi connectivity index (χ0) is 19.7. The van der Waals surface area contributed by atoms with Gasteiger partial charge in [0, 0.05) is 24.7 Å². The topological polar surface area (TPSA) is 66.9 Å². The summed E-state index contributed by atoms with van der Waals surface area (Å²) < 4.78 is 33.0. The van der Waals surface area contributed by atoms with Crippen molar-refractivity contribution in [3.63, 3.8) is 0 Å². The number of carbonyl (C=O) groups excluding carboxylic acids is 1. The molecule has 0 saturated carbocycles. The maximum atomic E-state index is 13.4. The molecule has 0 atom stereocenters. The summed E-state index contributed by atoms with van der Waals surface area (Å²) in [5.41, 5.74) is 0.819. The lowest BCUT2D eigenvalue weighted by Gasteiger charge is -2.38. The molecule has 0 bridgehead atoms. The van der Waals surface area contributed by atoms with E-state index >= 15 is 0 Å². The minimum atomic E-state index is -3.98. The molecule has 0 aliphatic carbocycles. The Bertz CT molecular complexity index is 987. The van der Waals surface area contributed by atoms with Gasteiger partial charge in [0.1, 0.15) is 4.90 Å². The van der Waals surface area contributed by atoms with Crippen molar-refractivity contribution in [1.82, 2.24) is 0 Å².